The van der Waals surface area contributed by atoms with Gasteiger partial charge in [-0.3, -0.25) is 4.90 Å². The van der Waals surface area contributed by atoms with E-state index in [-0.39, 0.29) is 28.5 Å². The van der Waals surface area contributed by atoms with Gasteiger partial charge >= 0.3 is 6.18 Å². The van der Waals surface area contributed by atoms with Gasteiger partial charge < -0.3 is 9.88 Å². The maximum atomic E-state index is 13.1. The molecular formula is C33H40F3N7O2S2. The fourth-order valence-electron chi connectivity index (χ4n) is 6.86. The first-order chi connectivity index (χ1) is 22.3. The Hall–Kier alpha value is -3.25. The van der Waals surface area contributed by atoms with Crippen LogP contribution >= 0.6 is 11.3 Å². The normalized spacial score (nSPS) is 20.1. The summed E-state index contributed by atoms with van der Waals surface area (Å²) in [7, 11) is -3.17. The molecule has 1 aromatic carbocycles. The number of thiophene rings is 1. The molecule has 2 fully saturated rings. The van der Waals surface area contributed by atoms with Crippen molar-refractivity contribution in [2.45, 2.75) is 78.2 Å². The van der Waals surface area contributed by atoms with E-state index in [1.807, 2.05) is 13.0 Å². The quantitative estimate of drug-likeness (QED) is 0.217. The highest BCUT2D eigenvalue weighted by molar-refractivity contribution is 7.89. The second kappa shape index (κ2) is 13.3. The summed E-state index contributed by atoms with van der Waals surface area (Å²) >= 11 is 1.09. The zero-order chi connectivity index (χ0) is 33.5. The number of rotatable bonds is 9. The number of sulfonamides is 1. The number of hydrogen-bond acceptors (Lipinski definition) is 8. The first kappa shape index (κ1) is 33.6. The van der Waals surface area contributed by atoms with Crippen LogP contribution in [0.5, 0.6) is 0 Å². The van der Waals surface area contributed by atoms with E-state index in [0.29, 0.717) is 53.5 Å². The van der Waals surface area contributed by atoms with Gasteiger partial charge in [-0.1, -0.05) is 19.9 Å². The Kier molecular flexibility index (Phi) is 9.55. The summed E-state index contributed by atoms with van der Waals surface area (Å²) in [5, 5.41) is 15.2. The lowest BCUT2D eigenvalue weighted by molar-refractivity contribution is -0.126. The average Bonchev–Trinajstić information content (AvgIpc) is 3.59. The van der Waals surface area contributed by atoms with Crippen molar-refractivity contribution in [1.29, 1.82) is 5.26 Å². The molecule has 3 aromatic heterocycles. The predicted molar refractivity (Wildman–Crippen MR) is 179 cm³/mol. The summed E-state index contributed by atoms with van der Waals surface area (Å²) in [6, 6.07) is 10.3. The molecular weight excluding hydrogens is 648 g/mol. The largest absolute Gasteiger partial charge is 0.393 e. The SMILES string of the molecule is CCc1nc(NC2CCN(Cc3ccc4c(cc(C#N)n4C[C@H](C)C4CCS(=O)(=O)NC4)c3C)CC2)c2cc(CC(F)(F)F)sc2n1. The third kappa shape index (κ3) is 7.58. The van der Waals surface area contributed by atoms with Gasteiger partial charge in [0.1, 0.15) is 28.2 Å². The van der Waals surface area contributed by atoms with Crippen LogP contribution in [0.2, 0.25) is 0 Å². The molecule has 2 aliphatic heterocycles. The Morgan fingerprint density at radius 1 is 1.17 bits per heavy atom. The molecule has 2 N–H and O–H groups in total. The number of nitrogens with one attached hydrogen (secondary N) is 2. The van der Waals surface area contributed by atoms with Crippen molar-refractivity contribution in [2.24, 2.45) is 11.8 Å². The minimum Gasteiger partial charge on any atom is -0.367 e. The van der Waals surface area contributed by atoms with Crippen molar-refractivity contribution in [3.8, 4) is 6.07 Å². The van der Waals surface area contributed by atoms with E-state index in [9.17, 15) is 26.9 Å². The number of benzene rings is 1. The number of alkyl halides is 3. The fourth-order valence-corrected chi connectivity index (χ4v) is 9.16. The van der Waals surface area contributed by atoms with Gasteiger partial charge in [-0.2, -0.15) is 18.4 Å². The molecule has 252 valence electrons. The Morgan fingerprint density at radius 2 is 1.94 bits per heavy atom. The molecule has 2 saturated heterocycles. The van der Waals surface area contributed by atoms with Crippen LogP contribution in [0, 0.1) is 30.1 Å². The topological polar surface area (TPSA) is 116 Å². The maximum absolute atomic E-state index is 13.1. The molecule has 9 nitrogen and oxygen atoms in total. The monoisotopic (exact) mass is 687 g/mol. The molecule has 0 aliphatic carbocycles. The zero-order valence-corrected chi connectivity index (χ0v) is 28.5. The van der Waals surface area contributed by atoms with Crippen molar-refractivity contribution in [2.75, 3.05) is 30.7 Å². The lowest BCUT2D eigenvalue weighted by Crippen LogP contribution is -2.40. The van der Waals surface area contributed by atoms with Gasteiger partial charge in [-0.15, -0.1) is 11.3 Å². The maximum Gasteiger partial charge on any atom is 0.393 e. The number of halogens is 3. The molecule has 1 unspecified atom stereocenters. The lowest BCUT2D eigenvalue weighted by Gasteiger charge is -2.33. The molecule has 47 heavy (non-hydrogen) atoms. The van der Waals surface area contributed by atoms with Crippen LogP contribution in [0.3, 0.4) is 0 Å². The minimum atomic E-state index is -4.27. The smallest absolute Gasteiger partial charge is 0.367 e. The second-order valence-corrected chi connectivity index (χ2v) is 16.0. The molecule has 6 rings (SSSR count). The van der Waals surface area contributed by atoms with Crippen LogP contribution < -0.4 is 10.0 Å². The number of nitrogens with zero attached hydrogens (tertiary/aromatic N) is 5. The van der Waals surface area contributed by atoms with E-state index in [0.717, 1.165) is 60.3 Å². The number of fused-ring (bicyclic) bond motifs is 2. The average molecular weight is 688 g/mol. The summed E-state index contributed by atoms with van der Waals surface area (Å²) in [6.45, 7) is 9.75. The molecule has 0 radical (unpaired) electrons. The second-order valence-electron chi connectivity index (χ2n) is 13.0. The van der Waals surface area contributed by atoms with Crippen molar-refractivity contribution in [1.82, 2.24) is 24.2 Å². The van der Waals surface area contributed by atoms with Gasteiger partial charge in [0, 0.05) is 61.0 Å². The summed E-state index contributed by atoms with van der Waals surface area (Å²) in [6.07, 6.45) is -2.27. The van der Waals surface area contributed by atoms with Crippen LogP contribution in [0.1, 0.15) is 60.6 Å². The minimum absolute atomic E-state index is 0.139. The Morgan fingerprint density at radius 3 is 2.60 bits per heavy atom. The van der Waals surface area contributed by atoms with Crippen molar-refractivity contribution in [3.63, 3.8) is 0 Å². The van der Waals surface area contributed by atoms with Crippen molar-refractivity contribution < 1.29 is 21.6 Å². The molecule has 14 heteroatoms. The van der Waals surface area contributed by atoms with Crippen LogP contribution in [-0.2, 0) is 36.0 Å². The van der Waals surface area contributed by atoms with Crippen LogP contribution in [0.25, 0.3) is 21.1 Å². The molecule has 0 bridgehead atoms. The fraction of sp³-hybridized carbons (Fsp3) is 0.545. The molecule has 4 aromatic rings. The molecule has 0 saturated carbocycles. The number of anilines is 1. The van der Waals surface area contributed by atoms with E-state index in [1.54, 1.807) is 6.07 Å². The summed E-state index contributed by atoms with van der Waals surface area (Å²) < 4.78 is 67.6. The van der Waals surface area contributed by atoms with E-state index in [2.05, 4.69) is 61.5 Å². The highest BCUT2D eigenvalue weighted by atomic mass is 32.2. The van der Waals surface area contributed by atoms with Gasteiger partial charge in [-0.25, -0.2) is 23.1 Å². The third-order valence-electron chi connectivity index (χ3n) is 9.68. The summed E-state index contributed by atoms with van der Waals surface area (Å²) in [5.74, 6) is 1.79. The van der Waals surface area contributed by atoms with Gasteiger partial charge in [0.25, 0.3) is 0 Å². The molecule has 0 spiro atoms. The van der Waals surface area contributed by atoms with Gasteiger partial charge in [0.2, 0.25) is 10.0 Å². The number of aromatic nitrogens is 3. The number of aryl methyl sites for hydroxylation is 2. The van der Waals surface area contributed by atoms with Crippen molar-refractivity contribution in [3.05, 3.63) is 51.8 Å². The first-order valence-corrected chi connectivity index (χ1v) is 18.6. The number of hydrogen-bond donors (Lipinski definition) is 2. The Bertz CT molecular complexity index is 1910. The molecule has 5 heterocycles. The Labute approximate surface area is 277 Å². The summed E-state index contributed by atoms with van der Waals surface area (Å²) in [4.78, 5) is 12.4. The highest BCUT2D eigenvalue weighted by Crippen LogP contribution is 2.34. The zero-order valence-electron chi connectivity index (χ0n) is 26.8. The van der Waals surface area contributed by atoms with Crippen LogP contribution in [0.15, 0.2) is 24.3 Å². The number of likely N-dealkylation sites (tertiary alicyclic amines) is 1. The lowest BCUT2D eigenvalue weighted by atomic mass is 9.91. The summed E-state index contributed by atoms with van der Waals surface area (Å²) in [5.41, 5.74) is 3.99. The van der Waals surface area contributed by atoms with Crippen LogP contribution in [-0.4, -0.2) is 65.5 Å². The van der Waals surface area contributed by atoms with E-state index >= 15 is 0 Å². The van der Waals surface area contributed by atoms with Gasteiger partial charge in [0.15, 0.2) is 0 Å². The number of piperidine rings is 1. The van der Waals surface area contributed by atoms with Crippen LogP contribution in [0.4, 0.5) is 19.0 Å². The highest BCUT2D eigenvalue weighted by Gasteiger charge is 2.30. The molecule has 0 amide bonds. The van der Waals surface area contributed by atoms with E-state index in [4.69, 9.17) is 0 Å². The Balaban J connectivity index is 1.11. The standard InChI is InChI=1S/C33H40F3N7O2S2/c1-4-30-40-31(28-14-26(15-33(34,35)36)46-32(28)41-30)39-24-7-10-42(11-8-24)19-23-5-6-29-27(21(23)3)13-25(16-37)43(29)18-20(2)22-9-12-47(44,45)38-17-22/h5-6,13-14,20,22,24,38H,4,7-12,15,17-19H2,1-3H3,(H,39,40,41)/t20-,22?/m0/s1. The molecule has 2 aliphatic rings. The first-order valence-electron chi connectivity index (χ1n) is 16.2. The number of nitriles is 1. The third-order valence-corrected chi connectivity index (χ3v) is 12.1. The van der Waals surface area contributed by atoms with E-state index < -0.39 is 22.6 Å². The van der Waals surface area contributed by atoms with Gasteiger partial charge in [0.05, 0.1) is 17.6 Å². The van der Waals surface area contributed by atoms with Crippen molar-refractivity contribution >= 4 is 48.3 Å². The molecule has 2 atom stereocenters. The van der Waals surface area contributed by atoms with E-state index in [1.165, 1.54) is 5.56 Å². The predicted octanol–water partition coefficient (Wildman–Crippen LogP) is 6.15. The van der Waals surface area contributed by atoms with Gasteiger partial charge in [-0.05, 0) is 67.3 Å².